The summed E-state index contributed by atoms with van der Waals surface area (Å²) in [6, 6.07) is 4.54. The lowest BCUT2D eigenvalue weighted by Crippen LogP contribution is -2.35. The predicted molar refractivity (Wildman–Crippen MR) is 104 cm³/mol. The summed E-state index contributed by atoms with van der Waals surface area (Å²) in [5.74, 6) is 0.715. The van der Waals surface area contributed by atoms with Gasteiger partial charge in [-0.15, -0.1) is 4.40 Å². The van der Waals surface area contributed by atoms with Crippen molar-refractivity contribution in [1.29, 1.82) is 0 Å². The van der Waals surface area contributed by atoms with Crippen molar-refractivity contribution in [2.24, 2.45) is 4.40 Å². The topological polar surface area (TPSA) is 115 Å². The van der Waals surface area contributed by atoms with Crippen LogP contribution in [-0.2, 0) is 21.4 Å². The van der Waals surface area contributed by atoms with Crippen molar-refractivity contribution >= 4 is 27.5 Å². The van der Waals surface area contributed by atoms with Crippen LogP contribution in [0.1, 0.15) is 67.5 Å². The molecule has 10 heteroatoms. The van der Waals surface area contributed by atoms with E-state index in [0.717, 1.165) is 19.3 Å². The van der Waals surface area contributed by atoms with Crippen LogP contribution in [0.4, 0.5) is 5.69 Å². The molecular formula is C19H22N4O5S. The summed E-state index contributed by atoms with van der Waals surface area (Å²) in [6.45, 7) is 4.37. The predicted octanol–water partition coefficient (Wildman–Crippen LogP) is 3.03. The highest BCUT2D eigenvalue weighted by molar-refractivity contribution is 7.90. The van der Waals surface area contributed by atoms with Crippen molar-refractivity contribution in [3.05, 3.63) is 35.5 Å². The fourth-order valence-electron chi connectivity index (χ4n) is 3.38. The highest BCUT2D eigenvalue weighted by atomic mass is 32.2. The Kier molecular flexibility index (Phi) is 5.12. The Balaban J connectivity index is 1.55. The normalized spacial score (nSPS) is 17.9. The molecular weight excluding hydrogens is 396 g/mol. The van der Waals surface area contributed by atoms with Crippen molar-refractivity contribution < 1.29 is 22.5 Å². The molecule has 0 atom stereocenters. The maximum absolute atomic E-state index is 12.7. The molecule has 1 fully saturated rings. The first-order chi connectivity index (χ1) is 13.8. The maximum atomic E-state index is 12.7. The number of aromatic nitrogens is 2. The minimum absolute atomic E-state index is 0.0254. The SMILES string of the molecule is CC(C)c1noc(COC(=O)c2ccc3c(c2)S(=O)(=O)N=C2CCCCCN23)n1. The van der Waals surface area contributed by atoms with Gasteiger partial charge in [0, 0.05) is 18.9 Å². The fraction of sp³-hybridized carbons (Fsp3) is 0.474. The van der Waals surface area contributed by atoms with Gasteiger partial charge in [-0.2, -0.15) is 13.4 Å². The van der Waals surface area contributed by atoms with Crippen molar-refractivity contribution in [2.45, 2.75) is 57.0 Å². The average molecular weight is 418 g/mol. The van der Waals surface area contributed by atoms with Crippen LogP contribution in [0.25, 0.3) is 0 Å². The Morgan fingerprint density at radius 3 is 2.86 bits per heavy atom. The minimum Gasteiger partial charge on any atom is -0.452 e. The highest BCUT2D eigenvalue weighted by Crippen LogP contribution is 2.35. The van der Waals surface area contributed by atoms with Gasteiger partial charge in [0.05, 0.1) is 11.3 Å². The van der Waals surface area contributed by atoms with Gasteiger partial charge in [0.15, 0.2) is 12.4 Å². The number of benzene rings is 1. The second-order valence-corrected chi connectivity index (χ2v) is 8.98. The number of fused-ring (bicyclic) bond motifs is 3. The first-order valence-electron chi connectivity index (χ1n) is 9.60. The molecule has 0 N–H and O–H groups in total. The Morgan fingerprint density at radius 2 is 2.10 bits per heavy atom. The summed E-state index contributed by atoms with van der Waals surface area (Å²) in [6.07, 6.45) is 3.54. The Hall–Kier alpha value is -2.75. The van der Waals surface area contributed by atoms with E-state index in [-0.39, 0.29) is 28.9 Å². The number of carbonyl (C=O) groups is 1. The van der Waals surface area contributed by atoms with E-state index in [1.807, 2.05) is 18.7 Å². The van der Waals surface area contributed by atoms with E-state index >= 15 is 0 Å². The third-order valence-electron chi connectivity index (χ3n) is 4.91. The third-order valence-corrected chi connectivity index (χ3v) is 6.24. The third kappa shape index (κ3) is 3.89. The molecule has 0 radical (unpaired) electrons. The molecule has 0 unspecified atom stereocenters. The number of carbonyl (C=O) groups excluding carboxylic acids is 1. The summed E-state index contributed by atoms with van der Waals surface area (Å²) in [4.78, 5) is 18.5. The standard InChI is InChI=1S/C19H22N4O5S/c1-12(2)18-20-17(28-21-18)11-27-19(24)13-7-8-14-15(10-13)29(25,26)22-16-6-4-3-5-9-23(14)16/h7-8,10,12H,3-6,9,11H2,1-2H3. The number of nitrogens with zero attached hydrogens (tertiary/aromatic N) is 4. The van der Waals surface area contributed by atoms with E-state index < -0.39 is 16.0 Å². The second-order valence-electron chi connectivity index (χ2n) is 7.40. The van der Waals surface area contributed by atoms with Gasteiger partial charge in [0.2, 0.25) is 0 Å². The monoisotopic (exact) mass is 418 g/mol. The van der Waals surface area contributed by atoms with Crippen molar-refractivity contribution in [3.8, 4) is 0 Å². The first kappa shape index (κ1) is 19.6. The molecule has 4 rings (SSSR count). The van der Waals surface area contributed by atoms with Gasteiger partial charge in [-0.25, -0.2) is 4.79 Å². The Labute approximate surface area is 168 Å². The van der Waals surface area contributed by atoms with Crippen molar-refractivity contribution in [2.75, 3.05) is 11.4 Å². The summed E-state index contributed by atoms with van der Waals surface area (Å²) in [5.41, 5.74) is 0.691. The average Bonchev–Trinajstić information content (AvgIpc) is 3.05. The van der Waals surface area contributed by atoms with Crippen LogP contribution in [0.15, 0.2) is 32.0 Å². The van der Waals surface area contributed by atoms with E-state index in [4.69, 9.17) is 9.26 Å². The van der Waals surface area contributed by atoms with Crippen LogP contribution in [-0.4, -0.2) is 36.9 Å². The zero-order valence-corrected chi connectivity index (χ0v) is 17.1. The number of ether oxygens (including phenoxy) is 1. The fourth-order valence-corrected chi connectivity index (χ4v) is 4.66. The molecule has 3 heterocycles. The van der Waals surface area contributed by atoms with Crippen LogP contribution in [0.5, 0.6) is 0 Å². The van der Waals surface area contributed by atoms with Crippen LogP contribution >= 0.6 is 0 Å². The van der Waals surface area contributed by atoms with Crippen LogP contribution in [0, 0.1) is 0 Å². The molecule has 0 amide bonds. The van der Waals surface area contributed by atoms with Gasteiger partial charge in [-0.1, -0.05) is 25.4 Å². The molecule has 1 aromatic carbocycles. The molecule has 29 heavy (non-hydrogen) atoms. The summed E-state index contributed by atoms with van der Waals surface area (Å²) in [5, 5.41) is 3.81. The van der Waals surface area contributed by atoms with Gasteiger partial charge in [-0.3, -0.25) is 0 Å². The number of esters is 1. The molecule has 1 aromatic heterocycles. The quantitative estimate of drug-likeness (QED) is 0.696. The van der Waals surface area contributed by atoms with Crippen LogP contribution in [0.2, 0.25) is 0 Å². The van der Waals surface area contributed by atoms with E-state index in [2.05, 4.69) is 14.5 Å². The smallest absolute Gasteiger partial charge is 0.338 e. The van der Waals surface area contributed by atoms with Crippen LogP contribution in [0.3, 0.4) is 0 Å². The largest absolute Gasteiger partial charge is 0.452 e. The molecule has 0 bridgehead atoms. The summed E-state index contributed by atoms with van der Waals surface area (Å²) < 4.78 is 39.6. The molecule has 2 aliphatic heterocycles. The lowest BCUT2D eigenvalue weighted by molar-refractivity contribution is 0.0429. The highest BCUT2D eigenvalue weighted by Gasteiger charge is 2.32. The number of hydrogen-bond acceptors (Lipinski definition) is 8. The number of hydrogen-bond donors (Lipinski definition) is 0. The number of sulfonamides is 1. The molecule has 0 spiro atoms. The zero-order chi connectivity index (χ0) is 20.6. The number of rotatable bonds is 4. The Morgan fingerprint density at radius 1 is 1.28 bits per heavy atom. The van der Waals surface area contributed by atoms with Gasteiger partial charge >= 0.3 is 5.97 Å². The second kappa shape index (κ2) is 7.58. The number of amidine groups is 1. The van der Waals surface area contributed by atoms with E-state index in [0.29, 0.717) is 30.3 Å². The molecule has 1 saturated heterocycles. The van der Waals surface area contributed by atoms with E-state index in [1.54, 1.807) is 12.1 Å². The molecule has 2 aliphatic rings. The van der Waals surface area contributed by atoms with E-state index in [1.165, 1.54) is 6.07 Å². The molecule has 0 saturated carbocycles. The minimum atomic E-state index is -3.86. The zero-order valence-electron chi connectivity index (χ0n) is 16.3. The summed E-state index contributed by atoms with van der Waals surface area (Å²) in [7, 11) is -3.86. The van der Waals surface area contributed by atoms with Gasteiger partial charge < -0.3 is 14.2 Å². The first-order valence-corrected chi connectivity index (χ1v) is 11.0. The lowest BCUT2D eigenvalue weighted by atomic mass is 10.2. The van der Waals surface area contributed by atoms with Gasteiger partial charge in [0.1, 0.15) is 10.7 Å². The summed E-state index contributed by atoms with van der Waals surface area (Å²) >= 11 is 0. The van der Waals surface area contributed by atoms with E-state index in [9.17, 15) is 13.2 Å². The van der Waals surface area contributed by atoms with Gasteiger partial charge in [0.25, 0.3) is 15.9 Å². The molecule has 0 aliphatic carbocycles. The Bertz CT molecular complexity index is 1070. The molecule has 2 aromatic rings. The molecule has 9 nitrogen and oxygen atoms in total. The van der Waals surface area contributed by atoms with Crippen molar-refractivity contribution in [3.63, 3.8) is 0 Å². The molecule has 154 valence electrons. The van der Waals surface area contributed by atoms with Crippen LogP contribution < -0.4 is 4.90 Å². The maximum Gasteiger partial charge on any atom is 0.338 e. The van der Waals surface area contributed by atoms with Gasteiger partial charge in [-0.05, 0) is 31.0 Å². The van der Waals surface area contributed by atoms with Crippen molar-refractivity contribution in [1.82, 2.24) is 10.1 Å². The number of anilines is 1. The lowest BCUT2D eigenvalue weighted by Gasteiger charge is -2.29.